The molecular weight excluding hydrogens is 228 g/mol. The molecule has 0 heterocycles. The van der Waals surface area contributed by atoms with Gasteiger partial charge in [-0.05, 0) is 33.2 Å². The van der Waals surface area contributed by atoms with Crippen molar-refractivity contribution in [1.29, 1.82) is 0 Å². The number of nitrogens with one attached hydrogen (secondary N) is 1. The van der Waals surface area contributed by atoms with Crippen molar-refractivity contribution in [3.63, 3.8) is 0 Å². The van der Waals surface area contributed by atoms with Gasteiger partial charge in [0, 0.05) is 31.7 Å². The van der Waals surface area contributed by atoms with Crippen LogP contribution in [0.2, 0.25) is 0 Å². The van der Waals surface area contributed by atoms with Crippen molar-refractivity contribution in [2.24, 2.45) is 0 Å². The zero-order valence-electron chi connectivity index (χ0n) is 11.9. The van der Waals surface area contributed by atoms with E-state index < -0.39 is 0 Å². The van der Waals surface area contributed by atoms with Crippen LogP contribution in [0.4, 0.5) is 0 Å². The summed E-state index contributed by atoms with van der Waals surface area (Å²) in [5.41, 5.74) is 0.0158. The fourth-order valence-electron chi connectivity index (χ4n) is 2.87. The van der Waals surface area contributed by atoms with E-state index in [2.05, 4.69) is 5.32 Å². The Kier molecular flexibility index (Phi) is 6.65. The van der Waals surface area contributed by atoms with Gasteiger partial charge in [-0.15, -0.1) is 0 Å². The standard InChI is InChI=1S/C14H28N2O2/c1-3-16(10-7-11-17)13(18)12-14(15-2)8-5-4-6-9-14/h15,17H,3-12H2,1-2H3. The van der Waals surface area contributed by atoms with Crippen LogP contribution >= 0.6 is 0 Å². The maximum absolute atomic E-state index is 12.3. The van der Waals surface area contributed by atoms with Gasteiger partial charge in [0.05, 0.1) is 0 Å². The third kappa shape index (κ3) is 4.25. The molecule has 1 fully saturated rings. The molecule has 0 aliphatic heterocycles. The molecule has 4 heteroatoms. The van der Waals surface area contributed by atoms with Gasteiger partial charge in [0.25, 0.3) is 0 Å². The number of aliphatic hydroxyl groups excluding tert-OH is 1. The summed E-state index contributed by atoms with van der Waals surface area (Å²) in [7, 11) is 1.97. The van der Waals surface area contributed by atoms with Crippen LogP contribution in [-0.2, 0) is 4.79 Å². The highest BCUT2D eigenvalue weighted by Crippen LogP contribution is 2.31. The van der Waals surface area contributed by atoms with Crippen LogP contribution in [0.5, 0.6) is 0 Å². The Hall–Kier alpha value is -0.610. The summed E-state index contributed by atoms with van der Waals surface area (Å²) in [6.45, 7) is 3.56. The molecule has 1 saturated carbocycles. The number of carbonyl (C=O) groups excluding carboxylic acids is 1. The molecule has 0 atom stereocenters. The number of carbonyl (C=O) groups is 1. The molecule has 0 saturated heterocycles. The molecule has 18 heavy (non-hydrogen) atoms. The highest BCUT2D eigenvalue weighted by molar-refractivity contribution is 5.77. The molecule has 106 valence electrons. The van der Waals surface area contributed by atoms with Gasteiger partial charge < -0.3 is 15.3 Å². The van der Waals surface area contributed by atoms with E-state index >= 15 is 0 Å². The predicted molar refractivity (Wildman–Crippen MR) is 73.4 cm³/mol. The maximum atomic E-state index is 12.3. The second-order valence-corrected chi connectivity index (χ2v) is 5.32. The average molecular weight is 256 g/mol. The van der Waals surface area contributed by atoms with Crippen molar-refractivity contribution >= 4 is 5.91 Å². The summed E-state index contributed by atoms with van der Waals surface area (Å²) in [4.78, 5) is 14.2. The van der Waals surface area contributed by atoms with E-state index in [4.69, 9.17) is 5.11 Å². The minimum absolute atomic E-state index is 0.0158. The minimum Gasteiger partial charge on any atom is -0.396 e. The van der Waals surface area contributed by atoms with Gasteiger partial charge in [0.1, 0.15) is 0 Å². The summed E-state index contributed by atoms with van der Waals surface area (Å²) in [5, 5.41) is 12.2. The SMILES string of the molecule is CCN(CCCO)C(=O)CC1(NC)CCCCC1. The second kappa shape index (κ2) is 7.74. The van der Waals surface area contributed by atoms with Crippen LogP contribution in [0.3, 0.4) is 0 Å². The molecule has 0 bridgehead atoms. The van der Waals surface area contributed by atoms with E-state index in [1.807, 2.05) is 18.9 Å². The lowest BCUT2D eigenvalue weighted by Crippen LogP contribution is -2.49. The Morgan fingerprint density at radius 3 is 2.50 bits per heavy atom. The number of nitrogens with zero attached hydrogens (tertiary/aromatic N) is 1. The minimum atomic E-state index is 0.0158. The molecule has 1 rings (SSSR count). The van der Waals surface area contributed by atoms with Crippen LogP contribution < -0.4 is 5.32 Å². The molecule has 0 radical (unpaired) electrons. The first kappa shape index (κ1) is 15.4. The van der Waals surface area contributed by atoms with Gasteiger partial charge >= 0.3 is 0 Å². The number of rotatable bonds is 7. The first-order valence-electron chi connectivity index (χ1n) is 7.25. The zero-order chi connectivity index (χ0) is 13.4. The maximum Gasteiger partial charge on any atom is 0.224 e. The molecule has 0 aromatic heterocycles. The van der Waals surface area contributed by atoms with Crippen molar-refractivity contribution in [3.8, 4) is 0 Å². The summed E-state index contributed by atoms with van der Waals surface area (Å²) in [5.74, 6) is 0.224. The lowest BCUT2D eigenvalue weighted by molar-refractivity contribution is -0.133. The van der Waals surface area contributed by atoms with Crippen LogP contribution in [-0.4, -0.2) is 48.2 Å². The third-order valence-electron chi connectivity index (χ3n) is 4.15. The van der Waals surface area contributed by atoms with Gasteiger partial charge in [-0.25, -0.2) is 0 Å². The van der Waals surface area contributed by atoms with Crippen LogP contribution in [0.15, 0.2) is 0 Å². The van der Waals surface area contributed by atoms with Crippen LogP contribution in [0.1, 0.15) is 51.9 Å². The summed E-state index contributed by atoms with van der Waals surface area (Å²) < 4.78 is 0. The van der Waals surface area contributed by atoms with Gasteiger partial charge in [-0.1, -0.05) is 19.3 Å². The lowest BCUT2D eigenvalue weighted by atomic mass is 9.79. The van der Waals surface area contributed by atoms with E-state index in [9.17, 15) is 4.79 Å². The van der Waals surface area contributed by atoms with Crippen molar-refractivity contribution in [2.75, 3.05) is 26.7 Å². The molecule has 1 amide bonds. The molecule has 0 unspecified atom stereocenters. The Labute approximate surface area is 111 Å². The third-order valence-corrected chi connectivity index (χ3v) is 4.15. The fraction of sp³-hybridized carbons (Fsp3) is 0.929. The zero-order valence-corrected chi connectivity index (χ0v) is 11.9. The smallest absolute Gasteiger partial charge is 0.224 e. The Morgan fingerprint density at radius 1 is 1.33 bits per heavy atom. The number of aliphatic hydroxyl groups is 1. The van der Waals surface area contributed by atoms with Crippen molar-refractivity contribution in [3.05, 3.63) is 0 Å². The molecule has 0 aromatic rings. The molecule has 0 spiro atoms. The van der Waals surface area contributed by atoms with E-state index in [-0.39, 0.29) is 18.1 Å². The molecule has 1 aliphatic rings. The molecule has 0 aromatic carbocycles. The van der Waals surface area contributed by atoms with Crippen molar-refractivity contribution in [2.45, 2.75) is 57.4 Å². The average Bonchev–Trinajstić information content (AvgIpc) is 2.40. The predicted octanol–water partition coefficient (Wildman–Crippen LogP) is 1.53. The normalized spacial score (nSPS) is 18.6. The van der Waals surface area contributed by atoms with E-state index in [1.54, 1.807) is 0 Å². The second-order valence-electron chi connectivity index (χ2n) is 5.32. The van der Waals surface area contributed by atoms with E-state index in [0.29, 0.717) is 19.4 Å². The monoisotopic (exact) mass is 256 g/mol. The quantitative estimate of drug-likeness (QED) is 0.726. The lowest BCUT2D eigenvalue weighted by Gasteiger charge is -2.38. The van der Waals surface area contributed by atoms with Crippen molar-refractivity contribution in [1.82, 2.24) is 10.2 Å². The largest absolute Gasteiger partial charge is 0.396 e. The topological polar surface area (TPSA) is 52.6 Å². The van der Waals surface area contributed by atoms with Gasteiger partial charge in [-0.2, -0.15) is 0 Å². The highest BCUT2D eigenvalue weighted by atomic mass is 16.3. The Balaban J connectivity index is 2.53. The van der Waals surface area contributed by atoms with Gasteiger partial charge in [0.15, 0.2) is 0 Å². The van der Waals surface area contributed by atoms with Crippen molar-refractivity contribution < 1.29 is 9.90 Å². The summed E-state index contributed by atoms with van der Waals surface area (Å²) in [6.07, 6.45) is 7.21. The first-order valence-corrected chi connectivity index (χ1v) is 7.25. The number of amides is 1. The Bertz CT molecular complexity index is 250. The van der Waals surface area contributed by atoms with E-state index in [1.165, 1.54) is 19.3 Å². The Morgan fingerprint density at radius 2 is 2.00 bits per heavy atom. The first-order chi connectivity index (χ1) is 8.67. The molecule has 2 N–H and O–H groups in total. The molecule has 1 aliphatic carbocycles. The molecule has 4 nitrogen and oxygen atoms in total. The summed E-state index contributed by atoms with van der Waals surface area (Å²) in [6, 6.07) is 0. The van der Waals surface area contributed by atoms with Crippen LogP contribution in [0, 0.1) is 0 Å². The number of hydrogen-bond acceptors (Lipinski definition) is 3. The summed E-state index contributed by atoms with van der Waals surface area (Å²) >= 11 is 0. The number of hydrogen-bond donors (Lipinski definition) is 2. The fourth-order valence-corrected chi connectivity index (χ4v) is 2.87. The van der Waals surface area contributed by atoms with Gasteiger partial charge in [-0.3, -0.25) is 4.79 Å². The van der Waals surface area contributed by atoms with Gasteiger partial charge in [0.2, 0.25) is 5.91 Å². The highest BCUT2D eigenvalue weighted by Gasteiger charge is 2.33. The van der Waals surface area contributed by atoms with Crippen LogP contribution in [0.25, 0.3) is 0 Å². The van der Waals surface area contributed by atoms with E-state index in [0.717, 1.165) is 19.4 Å². The molecular formula is C14H28N2O2.